The van der Waals surface area contributed by atoms with Crippen LogP contribution in [0.2, 0.25) is 0 Å². The molecule has 0 saturated carbocycles. The van der Waals surface area contributed by atoms with Crippen LogP contribution in [0.15, 0.2) is 48.6 Å². The van der Waals surface area contributed by atoms with Gasteiger partial charge in [-0.15, -0.1) is 0 Å². The summed E-state index contributed by atoms with van der Waals surface area (Å²) in [6, 6.07) is 9.42. The SMILES string of the molecule is CCn1nc(C)cc1C(=O)Nc1nc2c(OC[C@@H](CS)C/C=C/C[C@H]3COc4cc(C(N)=O)cc5nc(NC(=O)c6cc(C)nn6CC)n3c45)cc(C(N)=O)cc2[nH]1. The Bertz CT molecular complexity index is 2600. The standard InChI is InChI=1S/C39H44N12O6S/c1-5-49-28(11-20(3)47-49)36(54)45-38-42-26-13-23(34(40)52)15-30(32(26)44-38)56-17-22(19-58)9-7-8-10-25-18-57-31-16-24(35(41)53)14-27-33(31)51(25)39(43-27)46-37(55)29-12-21(4)48-50(29)6-2/h7-8,11-16,22,25,58H,5-6,9-10,17-19H2,1-4H3,(H2,40,52)(H2,41,53)(H,43,46,55)(H2,42,44,45,54)/b8-7+/t22-,25-/m0/s1. The molecule has 2 atom stereocenters. The van der Waals surface area contributed by atoms with Crippen molar-refractivity contribution in [1.29, 1.82) is 0 Å². The number of carbonyl (C=O) groups is 4. The molecule has 0 spiro atoms. The molecule has 7 N–H and O–H groups in total. The Morgan fingerprint density at radius 3 is 2.22 bits per heavy atom. The van der Waals surface area contributed by atoms with Gasteiger partial charge in [-0.25, -0.2) is 9.97 Å². The number of nitrogens with two attached hydrogens (primary N) is 2. The highest BCUT2D eigenvalue weighted by Gasteiger charge is 2.29. The minimum absolute atomic E-state index is 0.0419. The van der Waals surface area contributed by atoms with Gasteiger partial charge in [-0.2, -0.15) is 22.8 Å². The molecule has 0 saturated heterocycles. The van der Waals surface area contributed by atoms with E-state index in [1.54, 1.807) is 39.7 Å². The van der Waals surface area contributed by atoms with E-state index >= 15 is 0 Å². The molecule has 302 valence electrons. The van der Waals surface area contributed by atoms with Gasteiger partial charge in [-0.3, -0.25) is 43.7 Å². The predicted molar refractivity (Wildman–Crippen MR) is 220 cm³/mol. The number of aryl methyl sites for hydroxylation is 4. The van der Waals surface area contributed by atoms with Crippen molar-refractivity contribution in [1.82, 2.24) is 39.1 Å². The van der Waals surface area contributed by atoms with Crippen LogP contribution in [0.4, 0.5) is 11.9 Å². The highest BCUT2D eigenvalue weighted by atomic mass is 32.1. The van der Waals surface area contributed by atoms with Crippen molar-refractivity contribution in [2.24, 2.45) is 17.4 Å². The number of nitrogens with one attached hydrogen (secondary N) is 3. The van der Waals surface area contributed by atoms with Crippen molar-refractivity contribution in [2.75, 3.05) is 29.6 Å². The number of aromatic amines is 1. The summed E-state index contributed by atoms with van der Waals surface area (Å²) in [7, 11) is 0. The number of hydrogen-bond donors (Lipinski definition) is 6. The van der Waals surface area contributed by atoms with Gasteiger partial charge >= 0.3 is 0 Å². The van der Waals surface area contributed by atoms with E-state index in [0.29, 0.717) is 94.0 Å². The number of primary amides is 2. The Kier molecular flexibility index (Phi) is 11.2. The number of nitrogens with zero attached hydrogens (tertiary/aromatic N) is 7. The number of hydrogen-bond acceptors (Lipinski definition) is 11. The van der Waals surface area contributed by atoms with Gasteiger partial charge in [0.2, 0.25) is 23.7 Å². The molecule has 18 nitrogen and oxygen atoms in total. The van der Waals surface area contributed by atoms with E-state index in [1.807, 2.05) is 44.4 Å². The topological polar surface area (TPSA) is 245 Å². The molecule has 5 heterocycles. The van der Waals surface area contributed by atoms with Crippen LogP contribution >= 0.6 is 12.6 Å². The largest absolute Gasteiger partial charge is 0.491 e. The summed E-state index contributed by atoms with van der Waals surface area (Å²) in [5.74, 6) is -0.334. The van der Waals surface area contributed by atoms with Crippen molar-refractivity contribution < 1.29 is 28.7 Å². The number of anilines is 2. The molecule has 0 bridgehead atoms. The van der Waals surface area contributed by atoms with Crippen molar-refractivity contribution in [3.8, 4) is 11.5 Å². The normalized spacial score (nSPS) is 14.2. The van der Waals surface area contributed by atoms with Crippen LogP contribution in [0.3, 0.4) is 0 Å². The molecule has 1 aliphatic heterocycles. The fourth-order valence-electron chi connectivity index (χ4n) is 6.94. The van der Waals surface area contributed by atoms with Crippen molar-refractivity contribution in [2.45, 2.75) is 59.7 Å². The first-order chi connectivity index (χ1) is 27.9. The Labute approximate surface area is 337 Å². The van der Waals surface area contributed by atoms with Gasteiger partial charge in [0.15, 0.2) is 0 Å². The van der Waals surface area contributed by atoms with E-state index in [9.17, 15) is 19.2 Å². The minimum atomic E-state index is -0.647. The molecule has 2 aromatic carbocycles. The number of carbonyl (C=O) groups excluding carboxylic acids is 4. The van der Waals surface area contributed by atoms with Gasteiger partial charge in [0.25, 0.3) is 11.8 Å². The number of fused-ring (bicyclic) bond motifs is 1. The molecule has 0 unspecified atom stereocenters. The molecule has 0 radical (unpaired) electrons. The number of H-pyrrole nitrogens is 1. The fraction of sp³-hybridized carbons (Fsp3) is 0.333. The first-order valence-corrected chi connectivity index (χ1v) is 19.4. The van der Waals surface area contributed by atoms with Gasteiger partial charge in [-0.1, -0.05) is 12.2 Å². The van der Waals surface area contributed by atoms with Crippen LogP contribution in [0.1, 0.15) is 85.8 Å². The zero-order chi connectivity index (χ0) is 41.2. The monoisotopic (exact) mass is 808 g/mol. The third-order valence-corrected chi connectivity index (χ3v) is 10.3. The zero-order valence-electron chi connectivity index (χ0n) is 32.4. The fourth-order valence-corrected chi connectivity index (χ4v) is 7.20. The van der Waals surface area contributed by atoms with Gasteiger partial charge in [-0.05, 0) is 82.7 Å². The van der Waals surface area contributed by atoms with Crippen LogP contribution in [-0.2, 0) is 13.1 Å². The molecule has 1 aliphatic rings. The van der Waals surface area contributed by atoms with Crippen LogP contribution in [0, 0.1) is 19.8 Å². The van der Waals surface area contributed by atoms with Gasteiger partial charge in [0.05, 0.1) is 35.1 Å². The number of benzene rings is 2. The summed E-state index contributed by atoms with van der Waals surface area (Å²) in [5, 5.41) is 14.5. The molecular formula is C39H44N12O6S. The highest BCUT2D eigenvalue weighted by molar-refractivity contribution is 7.80. The Balaban J connectivity index is 1.06. The maximum atomic E-state index is 13.5. The second kappa shape index (κ2) is 16.5. The van der Waals surface area contributed by atoms with E-state index in [2.05, 4.69) is 43.4 Å². The lowest BCUT2D eigenvalue weighted by atomic mass is 10.1. The maximum Gasteiger partial charge on any atom is 0.276 e. The van der Waals surface area contributed by atoms with Crippen LogP contribution in [-0.4, -0.2) is 81.7 Å². The third kappa shape index (κ3) is 7.97. The van der Waals surface area contributed by atoms with Crippen LogP contribution < -0.4 is 31.6 Å². The number of aromatic nitrogens is 8. The van der Waals surface area contributed by atoms with E-state index in [0.717, 1.165) is 0 Å². The average molecular weight is 809 g/mol. The van der Waals surface area contributed by atoms with E-state index in [-0.39, 0.29) is 48.2 Å². The van der Waals surface area contributed by atoms with E-state index in [4.69, 9.17) is 25.9 Å². The maximum absolute atomic E-state index is 13.5. The van der Waals surface area contributed by atoms with Gasteiger partial charge in [0, 0.05) is 30.1 Å². The zero-order valence-corrected chi connectivity index (χ0v) is 33.3. The van der Waals surface area contributed by atoms with Crippen molar-refractivity contribution in [3.05, 3.63) is 82.5 Å². The second-order valence-electron chi connectivity index (χ2n) is 14.0. The molecule has 6 aromatic rings. The Morgan fingerprint density at radius 2 is 1.59 bits per heavy atom. The first kappa shape index (κ1) is 39.6. The molecule has 4 aromatic heterocycles. The summed E-state index contributed by atoms with van der Waals surface area (Å²) in [6.45, 7) is 8.95. The number of imidazole rings is 2. The number of amides is 4. The van der Waals surface area contributed by atoms with Gasteiger partial charge < -0.3 is 25.9 Å². The number of allylic oxidation sites excluding steroid dienone is 2. The number of ether oxygens (including phenoxy) is 2. The minimum Gasteiger partial charge on any atom is -0.491 e. The van der Waals surface area contributed by atoms with Crippen molar-refractivity contribution >= 4 is 70.2 Å². The summed E-state index contributed by atoms with van der Waals surface area (Å²) in [5.41, 5.74) is 15.9. The molecule has 58 heavy (non-hydrogen) atoms. The molecule has 0 aliphatic carbocycles. The summed E-state index contributed by atoms with van der Waals surface area (Å²) < 4.78 is 17.5. The molecule has 4 amide bonds. The van der Waals surface area contributed by atoms with E-state index in [1.165, 1.54) is 6.07 Å². The van der Waals surface area contributed by atoms with Crippen LogP contribution in [0.25, 0.3) is 22.1 Å². The Hall–Kier alpha value is -6.63. The van der Waals surface area contributed by atoms with Gasteiger partial charge in [0.1, 0.15) is 40.5 Å². The highest BCUT2D eigenvalue weighted by Crippen LogP contribution is 2.38. The average Bonchev–Trinajstić information content (AvgIpc) is 3.98. The molecule has 0 fully saturated rings. The lowest BCUT2D eigenvalue weighted by Crippen LogP contribution is -2.26. The third-order valence-electron chi connectivity index (χ3n) is 9.77. The number of rotatable bonds is 16. The lowest BCUT2D eigenvalue weighted by molar-refractivity contribution is 0.0991. The molecule has 7 rings (SSSR count). The first-order valence-electron chi connectivity index (χ1n) is 18.8. The predicted octanol–water partition coefficient (Wildman–Crippen LogP) is 4.56. The summed E-state index contributed by atoms with van der Waals surface area (Å²) >= 11 is 4.58. The van der Waals surface area contributed by atoms with Crippen LogP contribution in [0.5, 0.6) is 11.5 Å². The lowest BCUT2D eigenvalue weighted by Gasteiger charge is -2.26. The molecular weight excluding hydrogens is 765 g/mol. The smallest absolute Gasteiger partial charge is 0.276 e. The van der Waals surface area contributed by atoms with Crippen molar-refractivity contribution in [3.63, 3.8) is 0 Å². The number of thiol groups is 1. The van der Waals surface area contributed by atoms with E-state index < -0.39 is 17.7 Å². The quantitative estimate of drug-likeness (QED) is 0.0588. The molecule has 19 heteroatoms. The Morgan fingerprint density at radius 1 is 0.931 bits per heavy atom. The summed E-state index contributed by atoms with van der Waals surface area (Å²) in [4.78, 5) is 63.2. The summed E-state index contributed by atoms with van der Waals surface area (Å²) in [6.07, 6.45) is 5.19. The second-order valence-corrected chi connectivity index (χ2v) is 14.3.